The number of carbonyl (C=O) groups is 1. The Morgan fingerprint density at radius 1 is 1.39 bits per heavy atom. The first-order chi connectivity index (χ1) is 8.14. The number of rotatable bonds is 3. The van der Waals surface area contributed by atoms with E-state index in [9.17, 15) is 26.7 Å². The van der Waals surface area contributed by atoms with Gasteiger partial charge in [-0.2, -0.15) is 13.2 Å². The molecule has 9 heteroatoms. The summed E-state index contributed by atoms with van der Waals surface area (Å²) in [4.78, 5) is 13.5. The van der Waals surface area contributed by atoms with Crippen LogP contribution >= 0.6 is 0 Å². The summed E-state index contributed by atoms with van der Waals surface area (Å²) in [5.74, 6) is -3.07. The van der Waals surface area contributed by atoms with Crippen molar-refractivity contribution in [3.05, 3.63) is 23.0 Å². The highest BCUT2D eigenvalue weighted by Crippen LogP contribution is 2.42. The zero-order valence-electron chi connectivity index (χ0n) is 8.50. The number of halogens is 5. The number of hydrogen-bond acceptors (Lipinski definition) is 3. The zero-order chi connectivity index (χ0) is 14.1. The van der Waals surface area contributed by atoms with Crippen LogP contribution in [0.2, 0.25) is 0 Å². The van der Waals surface area contributed by atoms with Gasteiger partial charge in [-0.15, -0.1) is 0 Å². The third-order valence-corrected chi connectivity index (χ3v) is 2.00. The fourth-order valence-electron chi connectivity index (χ4n) is 1.37. The van der Waals surface area contributed by atoms with Gasteiger partial charge >= 0.3 is 12.1 Å². The molecule has 0 fully saturated rings. The predicted molar refractivity (Wildman–Crippen MR) is 47.2 cm³/mol. The molecule has 1 rings (SSSR count). The second-order valence-electron chi connectivity index (χ2n) is 3.25. The maximum Gasteiger partial charge on any atom is 0.420 e. The molecule has 0 unspecified atom stereocenters. The molecule has 1 aromatic heterocycles. The van der Waals surface area contributed by atoms with Gasteiger partial charge in [0, 0.05) is 0 Å². The molecule has 0 aliphatic heterocycles. The van der Waals surface area contributed by atoms with Gasteiger partial charge in [-0.3, -0.25) is 9.78 Å². The molecule has 0 aliphatic rings. The lowest BCUT2D eigenvalue weighted by Crippen LogP contribution is -2.15. The smallest absolute Gasteiger partial charge is 0.420 e. The lowest BCUT2D eigenvalue weighted by atomic mass is 10.0. The monoisotopic (exact) mass is 271 g/mol. The molecule has 1 aromatic rings. The molecular formula is C9H6F5NO3. The Balaban J connectivity index is 3.53. The number of aromatic nitrogens is 1. The Hall–Kier alpha value is -1.93. The van der Waals surface area contributed by atoms with E-state index in [1.165, 1.54) is 0 Å². The predicted octanol–water partition coefficient (Wildman–Crippen LogP) is 2.37. The number of carboxylic acid groups (broad SMARTS) is 1. The fraction of sp³-hybridized carbons (Fsp3) is 0.333. The number of carboxylic acids is 1. The van der Waals surface area contributed by atoms with Gasteiger partial charge in [0.1, 0.15) is 11.3 Å². The summed E-state index contributed by atoms with van der Waals surface area (Å²) in [6, 6.07) is 0. The molecule has 0 saturated carbocycles. The molecule has 100 valence electrons. The molecule has 0 amide bonds. The quantitative estimate of drug-likeness (QED) is 0.828. The lowest BCUT2D eigenvalue weighted by molar-refractivity contribution is -0.141. The van der Waals surface area contributed by atoms with E-state index in [4.69, 9.17) is 10.2 Å². The van der Waals surface area contributed by atoms with Crippen molar-refractivity contribution in [2.75, 3.05) is 0 Å². The van der Waals surface area contributed by atoms with Crippen molar-refractivity contribution in [1.82, 2.24) is 4.98 Å². The largest absolute Gasteiger partial charge is 0.506 e. The van der Waals surface area contributed by atoms with Crippen LogP contribution in [0, 0.1) is 0 Å². The van der Waals surface area contributed by atoms with E-state index in [1.807, 2.05) is 0 Å². The van der Waals surface area contributed by atoms with E-state index in [1.54, 1.807) is 0 Å². The Morgan fingerprint density at radius 2 is 1.94 bits per heavy atom. The van der Waals surface area contributed by atoms with E-state index < -0.39 is 47.6 Å². The van der Waals surface area contributed by atoms with Crippen molar-refractivity contribution in [2.45, 2.75) is 19.0 Å². The lowest BCUT2D eigenvalue weighted by Gasteiger charge is -2.16. The van der Waals surface area contributed by atoms with E-state index in [0.29, 0.717) is 6.20 Å². The van der Waals surface area contributed by atoms with Crippen LogP contribution in [-0.4, -0.2) is 21.2 Å². The first-order valence-electron chi connectivity index (χ1n) is 4.42. The van der Waals surface area contributed by atoms with Crippen LogP contribution in [0.1, 0.15) is 23.2 Å². The molecular weight excluding hydrogens is 265 g/mol. The average molecular weight is 271 g/mol. The normalized spacial score (nSPS) is 11.9. The Bertz CT molecular complexity index is 472. The molecule has 2 N–H and O–H groups in total. The number of aliphatic carboxylic acids is 1. The van der Waals surface area contributed by atoms with Gasteiger partial charge in [-0.25, -0.2) is 8.78 Å². The summed E-state index contributed by atoms with van der Waals surface area (Å²) < 4.78 is 62.8. The average Bonchev–Trinajstić information content (AvgIpc) is 2.17. The van der Waals surface area contributed by atoms with Gasteiger partial charge < -0.3 is 10.2 Å². The third kappa shape index (κ3) is 2.84. The van der Waals surface area contributed by atoms with Crippen molar-refractivity contribution < 1.29 is 37.0 Å². The molecule has 0 aromatic carbocycles. The minimum atomic E-state index is -5.23. The van der Waals surface area contributed by atoms with Crippen molar-refractivity contribution >= 4 is 5.97 Å². The summed E-state index contributed by atoms with van der Waals surface area (Å²) >= 11 is 0. The minimum absolute atomic E-state index is 0.299. The minimum Gasteiger partial charge on any atom is -0.506 e. The Kier molecular flexibility index (Phi) is 3.73. The topological polar surface area (TPSA) is 70.4 Å². The van der Waals surface area contributed by atoms with E-state index >= 15 is 0 Å². The number of aromatic hydroxyl groups is 1. The number of nitrogens with zero attached hydrogens (tertiary/aromatic N) is 1. The van der Waals surface area contributed by atoms with Crippen LogP contribution in [0.3, 0.4) is 0 Å². The van der Waals surface area contributed by atoms with Crippen molar-refractivity contribution in [3.8, 4) is 5.75 Å². The molecule has 1 heterocycles. The van der Waals surface area contributed by atoms with Crippen LogP contribution in [0.25, 0.3) is 0 Å². The summed E-state index contributed by atoms with van der Waals surface area (Å²) in [6.45, 7) is 0. The maximum atomic E-state index is 12.6. The molecule has 0 bridgehead atoms. The van der Waals surface area contributed by atoms with Crippen LogP contribution in [0.4, 0.5) is 22.0 Å². The van der Waals surface area contributed by atoms with Crippen LogP contribution in [-0.2, 0) is 17.4 Å². The highest BCUT2D eigenvalue weighted by atomic mass is 19.4. The van der Waals surface area contributed by atoms with Crippen LogP contribution in [0.5, 0.6) is 5.75 Å². The number of pyridine rings is 1. The van der Waals surface area contributed by atoms with Gasteiger partial charge in [0.2, 0.25) is 0 Å². The molecule has 4 nitrogen and oxygen atoms in total. The summed E-state index contributed by atoms with van der Waals surface area (Å²) in [5, 5.41) is 17.4. The maximum absolute atomic E-state index is 12.6. The Labute approximate surface area is 96.7 Å². The van der Waals surface area contributed by atoms with Gasteiger partial charge in [-0.05, 0) is 0 Å². The number of alkyl halides is 5. The van der Waals surface area contributed by atoms with Crippen LogP contribution < -0.4 is 0 Å². The summed E-state index contributed by atoms with van der Waals surface area (Å²) in [5.41, 5.74) is -4.49. The van der Waals surface area contributed by atoms with Gasteiger partial charge in [0.15, 0.2) is 0 Å². The van der Waals surface area contributed by atoms with Gasteiger partial charge in [0.25, 0.3) is 6.43 Å². The summed E-state index contributed by atoms with van der Waals surface area (Å²) in [7, 11) is 0. The van der Waals surface area contributed by atoms with E-state index in [0.717, 1.165) is 0 Å². The number of hydrogen-bond donors (Lipinski definition) is 2. The van der Waals surface area contributed by atoms with Crippen LogP contribution in [0.15, 0.2) is 6.20 Å². The van der Waals surface area contributed by atoms with E-state index in [2.05, 4.69) is 4.98 Å². The van der Waals surface area contributed by atoms with Gasteiger partial charge in [0.05, 0.1) is 23.9 Å². The second kappa shape index (κ2) is 4.75. The first kappa shape index (κ1) is 14.1. The third-order valence-electron chi connectivity index (χ3n) is 2.00. The standard InChI is InChI=1S/C9H6F5NO3/c10-8(11)6-3(1-5(17)18)15-2-4(16)7(6)9(12,13)14/h2,8,16H,1H2,(H,17,18). The molecule has 0 saturated heterocycles. The second-order valence-corrected chi connectivity index (χ2v) is 3.25. The fourth-order valence-corrected chi connectivity index (χ4v) is 1.37. The molecule has 0 aliphatic carbocycles. The van der Waals surface area contributed by atoms with Crippen molar-refractivity contribution in [3.63, 3.8) is 0 Å². The highest BCUT2D eigenvalue weighted by molar-refractivity contribution is 5.70. The molecule has 18 heavy (non-hydrogen) atoms. The highest BCUT2D eigenvalue weighted by Gasteiger charge is 2.41. The molecule has 0 spiro atoms. The first-order valence-corrected chi connectivity index (χ1v) is 4.42. The summed E-state index contributed by atoms with van der Waals surface area (Å²) in [6.07, 6.45) is -9.63. The van der Waals surface area contributed by atoms with Crippen molar-refractivity contribution in [2.24, 2.45) is 0 Å². The molecule has 0 radical (unpaired) electrons. The zero-order valence-corrected chi connectivity index (χ0v) is 8.50. The Morgan fingerprint density at radius 3 is 2.33 bits per heavy atom. The van der Waals surface area contributed by atoms with Gasteiger partial charge in [-0.1, -0.05) is 0 Å². The van der Waals surface area contributed by atoms with E-state index in [-0.39, 0.29) is 0 Å². The molecule has 0 atom stereocenters. The van der Waals surface area contributed by atoms with Crippen molar-refractivity contribution in [1.29, 1.82) is 0 Å². The SMILES string of the molecule is O=C(O)Cc1ncc(O)c(C(F)(F)F)c1C(F)F.